The Labute approximate surface area is 265 Å². The van der Waals surface area contributed by atoms with E-state index in [0.29, 0.717) is 41.4 Å². The fraction of sp³-hybridized carbons (Fsp3) is 0.586. The summed E-state index contributed by atoms with van der Waals surface area (Å²) in [7, 11) is 0. The lowest BCUT2D eigenvalue weighted by atomic mass is 10.0. The van der Waals surface area contributed by atoms with Gasteiger partial charge >= 0.3 is 12.7 Å². The number of halogens is 4. The number of ether oxygens (including phenoxy) is 2. The average molecular weight is 660 g/mol. The fourth-order valence-electron chi connectivity index (χ4n) is 5.36. The summed E-state index contributed by atoms with van der Waals surface area (Å²) in [5.74, 6) is -0.433. The maximum Gasteiger partial charge on any atom is 0.411 e. The van der Waals surface area contributed by atoms with Gasteiger partial charge in [0.2, 0.25) is 11.9 Å². The van der Waals surface area contributed by atoms with E-state index in [1.165, 1.54) is 4.90 Å². The highest BCUT2D eigenvalue weighted by atomic mass is 35.5. The number of aliphatic hydroxyl groups excluding tert-OH is 1. The molecule has 11 nitrogen and oxygen atoms in total. The molecule has 0 spiro atoms. The van der Waals surface area contributed by atoms with Gasteiger partial charge in [0.05, 0.1) is 24.4 Å². The van der Waals surface area contributed by atoms with Crippen LogP contribution in [-0.2, 0) is 9.53 Å². The van der Waals surface area contributed by atoms with Crippen molar-refractivity contribution in [3.05, 3.63) is 40.0 Å². The van der Waals surface area contributed by atoms with Crippen molar-refractivity contribution in [1.82, 2.24) is 20.2 Å². The van der Waals surface area contributed by atoms with Gasteiger partial charge in [0, 0.05) is 29.2 Å². The minimum atomic E-state index is -3.10. The summed E-state index contributed by atoms with van der Waals surface area (Å²) in [5, 5.41) is 17.8. The van der Waals surface area contributed by atoms with Crippen molar-refractivity contribution >= 4 is 47.0 Å². The molecule has 2 amide bonds. The Morgan fingerprint density at radius 3 is 2.55 bits per heavy atom. The van der Waals surface area contributed by atoms with E-state index in [-0.39, 0.29) is 36.0 Å². The highest BCUT2D eigenvalue weighted by molar-refractivity contribution is 6.35. The van der Waals surface area contributed by atoms with Gasteiger partial charge in [-0.25, -0.2) is 9.78 Å². The smallest absolute Gasteiger partial charge is 0.411 e. The van der Waals surface area contributed by atoms with Gasteiger partial charge in [0.15, 0.2) is 11.6 Å². The predicted molar refractivity (Wildman–Crippen MR) is 162 cm³/mol. The van der Waals surface area contributed by atoms with Crippen molar-refractivity contribution in [2.24, 2.45) is 0 Å². The molecule has 3 N–H and O–H groups in total. The van der Waals surface area contributed by atoms with Gasteiger partial charge in [-0.15, -0.1) is 0 Å². The Bertz CT molecular complexity index is 1350. The summed E-state index contributed by atoms with van der Waals surface area (Å²) < 4.78 is 36.5. The summed E-state index contributed by atoms with van der Waals surface area (Å²) >= 11 is 12.3. The van der Waals surface area contributed by atoms with Crippen LogP contribution in [0, 0.1) is 0 Å². The second kappa shape index (κ2) is 13.9. The predicted octanol–water partition coefficient (Wildman–Crippen LogP) is 5.40. The summed E-state index contributed by atoms with van der Waals surface area (Å²) in [6, 6.07) is 3.03. The number of likely N-dealkylation sites (tertiary alicyclic amines) is 1. The number of hydrogen-bond donors (Lipinski definition) is 3. The van der Waals surface area contributed by atoms with Gasteiger partial charge in [-0.3, -0.25) is 9.69 Å². The molecule has 2 fully saturated rings. The molecule has 3 heterocycles. The lowest BCUT2D eigenvalue weighted by Crippen LogP contribution is -2.58. The lowest BCUT2D eigenvalue weighted by molar-refractivity contribution is -0.127. The molecule has 0 aliphatic carbocycles. The number of hydrogen-bond acceptors (Lipinski definition) is 9. The van der Waals surface area contributed by atoms with Crippen molar-refractivity contribution in [3.8, 4) is 5.75 Å². The number of β-amino-alcohol motifs (C(OH)–C–C–N with tert-alkyl or cyclic N) is 1. The van der Waals surface area contributed by atoms with Crippen LogP contribution < -0.4 is 20.3 Å². The number of benzene rings is 1. The number of piperidine rings is 1. The zero-order valence-corrected chi connectivity index (χ0v) is 26.7. The van der Waals surface area contributed by atoms with Crippen LogP contribution in [0.1, 0.15) is 65.5 Å². The third kappa shape index (κ3) is 8.30. The molecule has 2 aromatic rings. The molecule has 44 heavy (non-hydrogen) atoms. The maximum atomic E-state index is 13.3. The van der Waals surface area contributed by atoms with Crippen LogP contribution >= 0.6 is 23.2 Å². The first-order chi connectivity index (χ1) is 20.6. The molecule has 4 rings (SSSR count). The Balaban J connectivity index is 1.44. The van der Waals surface area contributed by atoms with Crippen LogP contribution in [-0.4, -0.2) is 81.5 Å². The van der Waals surface area contributed by atoms with E-state index in [1.807, 2.05) is 6.92 Å². The zero-order valence-electron chi connectivity index (χ0n) is 25.2. The molecule has 0 bridgehead atoms. The second-order valence-corrected chi connectivity index (χ2v) is 12.9. The van der Waals surface area contributed by atoms with E-state index in [4.69, 9.17) is 27.9 Å². The number of aromatic nitrogens is 2. The molecule has 5 atom stereocenters. The molecule has 0 unspecified atom stereocenters. The first-order valence-corrected chi connectivity index (χ1v) is 15.2. The SMILES string of the molecule is C[C@@H](Nc1nc(N2CC[C@H](NC(=O)[C@H]3CC[C@H](C)N3C(=O)OC(C)(C)C)[C@@H](O)C2)ncc1OC(F)F)c1ccc(Cl)cc1Cl. The van der Waals surface area contributed by atoms with Gasteiger partial charge in [-0.2, -0.15) is 13.8 Å². The molecule has 2 aliphatic rings. The molecule has 15 heteroatoms. The first kappa shape index (κ1) is 33.7. The number of aliphatic hydroxyl groups is 1. The average Bonchev–Trinajstić information content (AvgIpc) is 3.31. The van der Waals surface area contributed by atoms with Crippen molar-refractivity contribution in [3.63, 3.8) is 0 Å². The number of nitrogens with zero attached hydrogens (tertiary/aromatic N) is 4. The van der Waals surface area contributed by atoms with E-state index in [9.17, 15) is 23.5 Å². The maximum absolute atomic E-state index is 13.3. The molecule has 1 aromatic heterocycles. The molecule has 0 saturated carbocycles. The molecule has 0 radical (unpaired) electrons. The Morgan fingerprint density at radius 1 is 1.18 bits per heavy atom. The minimum absolute atomic E-state index is 0.0105. The van der Waals surface area contributed by atoms with E-state index in [0.717, 1.165) is 6.20 Å². The number of anilines is 2. The Morgan fingerprint density at radius 2 is 1.91 bits per heavy atom. The van der Waals surface area contributed by atoms with Crippen LogP contribution in [0.3, 0.4) is 0 Å². The minimum Gasteiger partial charge on any atom is -0.444 e. The third-order valence-electron chi connectivity index (χ3n) is 7.51. The number of carbonyl (C=O) groups is 2. The summed E-state index contributed by atoms with van der Waals surface area (Å²) in [5.41, 5.74) is -0.0425. The van der Waals surface area contributed by atoms with E-state index >= 15 is 0 Å². The Kier molecular flexibility index (Phi) is 10.6. The highest BCUT2D eigenvalue weighted by Gasteiger charge is 2.42. The van der Waals surface area contributed by atoms with Crippen LogP contribution in [0.25, 0.3) is 0 Å². The third-order valence-corrected chi connectivity index (χ3v) is 8.07. The standard InChI is InChI=1S/C29H38Cl2F2N6O5/c1-15-6-9-21(39(15)28(42)44-29(3,4)5)25(41)36-20-10-11-38(14-22(20)40)27-34-13-23(43-26(32)33)24(37-27)35-16(2)18-8-7-17(30)12-19(18)31/h7-8,12-13,15-16,20-22,26,40H,6,9-11,14H2,1-5H3,(H,36,41)(H,34,35,37)/t15-,16+,20-,21+,22-/m0/s1. The molecular formula is C29H38Cl2F2N6O5. The van der Waals surface area contributed by atoms with Gasteiger partial charge < -0.3 is 30.1 Å². The van der Waals surface area contributed by atoms with E-state index in [2.05, 4.69) is 25.3 Å². The second-order valence-electron chi connectivity index (χ2n) is 12.0. The lowest BCUT2D eigenvalue weighted by Gasteiger charge is -2.37. The summed E-state index contributed by atoms with van der Waals surface area (Å²) in [6.45, 7) is 6.26. The van der Waals surface area contributed by atoms with Crippen LogP contribution in [0.5, 0.6) is 5.75 Å². The van der Waals surface area contributed by atoms with Gasteiger partial charge in [-0.05, 0) is 71.6 Å². The van der Waals surface area contributed by atoms with Crippen molar-refractivity contribution < 1.29 is 33.0 Å². The number of amides is 2. The van der Waals surface area contributed by atoms with Gasteiger partial charge in [-0.1, -0.05) is 29.3 Å². The van der Waals surface area contributed by atoms with Crippen molar-refractivity contribution in [1.29, 1.82) is 0 Å². The van der Waals surface area contributed by atoms with Crippen molar-refractivity contribution in [2.45, 2.75) is 96.4 Å². The van der Waals surface area contributed by atoms with E-state index in [1.54, 1.807) is 50.8 Å². The number of rotatable bonds is 8. The topological polar surface area (TPSA) is 129 Å². The zero-order chi connectivity index (χ0) is 32.3. The fourth-order valence-corrected chi connectivity index (χ4v) is 5.93. The number of carbonyl (C=O) groups excluding carboxylic acids is 2. The normalized spacial score (nSPS) is 23.0. The molecule has 242 valence electrons. The molecule has 2 aliphatic heterocycles. The summed E-state index contributed by atoms with van der Waals surface area (Å²) in [6.07, 6.45) is 1.08. The number of alkyl halides is 2. The number of nitrogens with one attached hydrogen (secondary N) is 2. The van der Waals surface area contributed by atoms with Gasteiger partial charge in [0.1, 0.15) is 11.6 Å². The molecular weight excluding hydrogens is 621 g/mol. The quantitative estimate of drug-likeness (QED) is 0.341. The van der Waals surface area contributed by atoms with Crippen LogP contribution in [0.2, 0.25) is 10.0 Å². The molecule has 1 aromatic carbocycles. The molecule has 2 saturated heterocycles. The van der Waals surface area contributed by atoms with E-state index < -0.39 is 42.5 Å². The highest BCUT2D eigenvalue weighted by Crippen LogP contribution is 2.33. The largest absolute Gasteiger partial charge is 0.444 e. The first-order valence-electron chi connectivity index (χ1n) is 14.4. The monoisotopic (exact) mass is 658 g/mol. The Hall–Kier alpha value is -3.16. The van der Waals surface area contributed by atoms with Crippen LogP contribution in [0.4, 0.5) is 25.3 Å². The van der Waals surface area contributed by atoms with Crippen molar-refractivity contribution in [2.75, 3.05) is 23.3 Å². The van der Waals surface area contributed by atoms with Gasteiger partial charge in [0.25, 0.3) is 0 Å². The van der Waals surface area contributed by atoms with Crippen LogP contribution in [0.15, 0.2) is 24.4 Å². The summed E-state index contributed by atoms with van der Waals surface area (Å²) in [4.78, 5) is 37.9.